The zero-order valence-electron chi connectivity index (χ0n) is 27.0. The summed E-state index contributed by atoms with van der Waals surface area (Å²) in [5.74, 6) is 0.984. The molecular formula is C47H30N2. The molecule has 228 valence electrons. The number of para-hydroxylation sites is 2. The number of fused-ring (bicyclic) bond motifs is 15. The maximum Gasteiger partial charge on any atom is 0.111 e. The Kier molecular flexibility index (Phi) is 5.28. The van der Waals surface area contributed by atoms with Gasteiger partial charge in [-0.15, -0.1) is 0 Å². The minimum absolute atomic E-state index is 0.452. The summed E-state index contributed by atoms with van der Waals surface area (Å²) in [6.45, 7) is 2.09. The van der Waals surface area contributed by atoms with E-state index in [1.807, 2.05) is 0 Å². The van der Waals surface area contributed by atoms with Crippen LogP contribution in [0.25, 0.3) is 71.6 Å². The lowest BCUT2D eigenvalue weighted by molar-refractivity contribution is 0.802. The maximum absolute atomic E-state index is 4.89. The van der Waals surface area contributed by atoms with Crippen LogP contribution in [-0.4, -0.2) is 9.55 Å². The molecule has 0 fully saturated rings. The smallest absolute Gasteiger partial charge is 0.111 e. The van der Waals surface area contributed by atoms with Gasteiger partial charge in [-0.25, -0.2) is 4.98 Å². The Hall–Kier alpha value is -6.25. The highest BCUT2D eigenvalue weighted by molar-refractivity contribution is 6.14. The largest absolute Gasteiger partial charge is 0.297 e. The number of aryl methyl sites for hydroxylation is 1. The number of benzene rings is 8. The number of rotatable bonds is 2. The summed E-state index contributed by atoms with van der Waals surface area (Å²) < 4.78 is 2.28. The Balaban J connectivity index is 1.28. The molecule has 0 saturated heterocycles. The molecule has 0 radical (unpaired) electrons. The molecule has 9 aromatic rings. The van der Waals surface area contributed by atoms with Crippen molar-refractivity contribution in [3.05, 3.63) is 192 Å². The summed E-state index contributed by atoms with van der Waals surface area (Å²) in [4.78, 5) is 4.89. The van der Waals surface area contributed by atoms with E-state index in [0.29, 0.717) is 0 Å². The van der Waals surface area contributed by atoms with Crippen LogP contribution in [-0.2, 0) is 5.41 Å². The normalized spacial score (nSPS) is 13.6. The average molecular weight is 623 g/mol. The van der Waals surface area contributed by atoms with E-state index in [1.165, 1.54) is 77.2 Å². The van der Waals surface area contributed by atoms with E-state index < -0.39 is 5.41 Å². The summed E-state index contributed by atoms with van der Waals surface area (Å²) in [5.41, 5.74) is 16.1. The first-order chi connectivity index (χ1) is 24.2. The van der Waals surface area contributed by atoms with Gasteiger partial charge in [-0.3, -0.25) is 4.57 Å². The highest BCUT2D eigenvalue weighted by Gasteiger charge is 2.53. The summed E-state index contributed by atoms with van der Waals surface area (Å²) in [6.07, 6.45) is 0. The Labute approximate surface area is 284 Å². The molecule has 0 amide bonds. The molecular weight excluding hydrogens is 593 g/mol. The van der Waals surface area contributed by atoms with Crippen molar-refractivity contribution in [2.45, 2.75) is 12.3 Å². The molecule has 2 aliphatic rings. The zero-order chi connectivity index (χ0) is 32.3. The fourth-order valence-corrected chi connectivity index (χ4v) is 9.30. The summed E-state index contributed by atoms with van der Waals surface area (Å²) in [6, 6.07) is 60.8. The van der Waals surface area contributed by atoms with Gasteiger partial charge in [-0.05, 0) is 114 Å². The SMILES string of the molecule is Cc1nc2ccccc2n1-c1cccc(-c2cc3c(c4ccccc24)-c2ccc4ccccc4c2C32c3ccccc3-c3ccccc32)c1. The van der Waals surface area contributed by atoms with E-state index in [1.54, 1.807) is 0 Å². The van der Waals surface area contributed by atoms with E-state index in [0.717, 1.165) is 22.5 Å². The van der Waals surface area contributed by atoms with E-state index >= 15 is 0 Å². The number of hydrogen-bond acceptors (Lipinski definition) is 1. The lowest BCUT2D eigenvalue weighted by Gasteiger charge is -2.32. The van der Waals surface area contributed by atoms with Crippen LogP contribution >= 0.6 is 0 Å². The molecule has 0 N–H and O–H groups in total. The van der Waals surface area contributed by atoms with Crippen molar-refractivity contribution in [1.82, 2.24) is 9.55 Å². The summed E-state index contributed by atoms with van der Waals surface area (Å²) >= 11 is 0. The molecule has 1 heterocycles. The molecule has 0 aliphatic heterocycles. The van der Waals surface area contributed by atoms with Crippen molar-refractivity contribution in [2.75, 3.05) is 0 Å². The first kappa shape index (κ1) is 26.8. The molecule has 11 rings (SSSR count). The quantitative estimate of drug-likeness (QED) is 0.188. The van der Waals surface area contributed by atoms with E-state index in [9.17, 15) is 0 Å². The highest BCUT2D eigenvalue weighted by Crippen LogP contribution is 2.65. The third-order valence-electron chi connectivity index (χ3n) is 11.1. The van der Waals surface area contributed by atoms with E-state index in [4.69, 9.17) is 4.98 Å². The third-order valence-corrected chi connectivity index (χ3v) is 11.1. The minimum Gasteiger partial charge on any atom is -0.297 e. The number of hydrogen-bond donors (Lipinski definition) is 0. The first-order valence-corrected chi connectivity index (χ1v) is 17.1. The van der Waals surface area contributed by atoms with Crippen molar-refractivity contribution < 1.29 is 0 Å². The number of imidazole rings is 1. The summed E-state index contributed by atoms with van der Waals surface area (Å²) in [7, 11) is 0. The molecule has 49 heavy (non-hydrogen) atoms. The fraction of sp³-hybridized carbons (Fsp3) is 0.0426. The van der Waals surface area contributed by atoms with Crippen LogP contribution in [0.1, 0.15) is 28.1 Å². The van der Waals surface area contributed by atoms with Crippen molar-refractivity contribution in [1.29, 1.82) is 0 Å². The van der Waals surface area contributed by atoms with Crippen molar-refractivity contribution >= 4 is 32.6 Å². The van der Waals surface area contributed by atoms with Gasteiger partial charge in [-0.1, -0.05) is 133 Å². The van der Waals surface area contributed by atoms with Crippen LogP contribution in [0.3, 0.4) is 0 Å². The minimum atomic E-state index is -0.452. The van der Waals surface area contributed by atoms with Crippen molar-refractivity contribution in [2.24, 2.45) is 0 Å². The van der Waals surface area contributed by atoms with Gasteiger partial charge in [0.1, 0.15) is 5.82 Å². The molecule has 0 saturated carbocycles. The standard InChI is InChI=1S/C47H30N2/c1-29-48-43-23-10-11-24-44(43)49(29)32-15-12-14-31(27-32)39-28-42-45(37-20-5-4-17-34(37)39)38-26-25-30-13-2-3-16-33(30)46(38)47(42)40-21-8-6-18-35(40)36-19-7-9-22-41(36)47/h2-28H,1H3. The second-order valence-corrected chi connectivity index (χ2v) is 13.5. The van der Waals surface area contributed by atoms with Gasteiger partial charge in [0.2, 0.25) is 0 Å². The Morgan fingerprint density at radius 3 is 1.98 bits per heavy atom. The van der Waals surface area contributed by atoms with Gasteiger partial charge in [-0.2, -0.15) is 0 Å². The van der Waals surface area contributed by atoms with Crippen LogP contribution in [0, 0.1) is 6.92 Å². The summed E-state index contributed by atoms with van der Waals surface area (Å²) in [5, 5.41) is 5.15. The first-order valence-electron chi connectivity index (χ1n) is 17.1. The topological polar surface area (TPSA) is 17.8 Å². The van der Waals surface area contributed by atoms with Crippen LogP contribution in [0.5, 0.6) is 0 Å². The van der Waals surface area contributed by atoms with E-state index in [-0.39, 0.29) is 0 Å². The highest BCUT2D eigenvalue weighted by atomic mass is 15.1. The van der Waals surface area contributed by atoms with Gasteiger partial charge in [0.25, 0.3) is 0 Å². The lowest BCUT2D eigenvalue weighted by atomic mass is 9.69. The zero-order valence-corrected chi connectivity index (χ0v) is 27.0. The average Bonchev–Trinajstić information content (AvgIpc) is 3.77. The molecule has 0 bridgehead atoms. The molecule has 0 unspecified atom stereocenters. The lowest BCUT2D eigenvalue weighted by Crippen LogP contribution is -2.26. The van der Waals surface area contributed by atoms with E-state index in [2.05, 4.69) is 175 Å². The molecule has 2 heteroatoms. The molecule has 1 aromatic heterocycles. The number of nitrogens with zero attached hydrogens (tertiary/aromatic N) is 2. The van der Waals surface area contributed by atoms with Gasteiger partial charge in [0.05, 0.1) is 16.4 Å². The fourth-order valence-electron chi connectivity index (χ4n) is 9.30. The van der Waals surface area contributed by atoms with Crippen LogP contribution in [0.4, 0.5) is 0 Å². The van der Waals surface area contributed by atoms with Crippen LogP contribution in [0.15, 0.2) is 164 Å². The third kappa shape index (κ3) is 3.38. The molecule has 0 atom stereocenters. The predicted molar refractivity (Wildman–Crippen MR) is 203 cm³/mol. The van der Waals surface area contributed by atoms with Gasteiger partial charge in [0, 0.05) is 5.69 Å². The van der Waals surface area contributed by atoms with Crippen molar-refractivity contribution in [3.8, 4) is 39.1 Å². The maximum atomic E-state index is 4.89. The van der Waals surface area contributed by atoms with Crippen LogP contribution in [0.2, 0.25) is 0 Å². The van der Waals surface area contributed by atoms with Gasteiger partial charge < -0.3 is 0 Å². The second kappa shape index (κ2) is 9.65. The predicted octanol–water partition coefficient (Wildman–Crippen LogP) is 11.7. The van der Waals surface area contributed by atoms with Crippen molar-refractivity contribution in [3.63, 3.8) is 0 Å². The Bertz CT molecular complexity index is 2810. The Morgan fingerprint density at radius 2 is 1.16 bits per heavy atom. The monoisotopic (exact) mass is 622 g/mol. The van der Waals surface area contributed by atoms with Crippen LogP contribution < -0.4 is 0 Å². The second-order valence-electron chi connectivity index (χ2n) is 13.5. The molecule has 2 nitrogen and oxygen atoms in total. The number of aromatic nitrogens is 2. The Morgan fingerprint density at radius 1 is 0.490 bits per heavy atom. The molecule has 2 aliphatic carbocycles. The molecule has 8 aromatic carbocycles. The van der Waals surface area contributed by atoms with Gasteiger partial charge in [0.15, 0.2) is 0 Å². The van der Waals surface area contributed by atoms with Gasteiger partial charge >= 0.3 is 0 Å². The molecule has 1 spiro atoms.